The van der Waals surface area contributed by atoms with E-state index in [0.717, 1.165) is 43.8 Å². The van der Waals surface area contributed by atoms with E-state index in [1.54, 1.807) is 4.90 Å². The van der Waals surface area contributed by atoms with Crippen LogP contribution in [-0.2, 0) is 17.6 Å². The largest absolute Gasteiger partial charge is 0.363 e. The topological polar surface area (TPSA) is 140 Å². The van der Waals surface area contributed by atoms with Gasteiger partial charge in [-0.05, 0) is 74.7 Å². The van der Waals surface area contributed by atoms with E-state index in [1.807, 2.05) is 12.1 Å². The van der Waals surface area contributed by atoms with Crippen LogP contribution in [0, 0.1) is 0 Å². The summed E-state index contributed by atoms with van der Waals surface area (Å²) in [7, 11) is 0. The normalized spacial score (nSPS) is 17.3. The monoisotopic (exact) mass is 634 g/mol. The van der Waals surface area contributed by atoms with Crippen LogP contribution in [0.25, 0.3) is 0 Å². The highest BCUT2D eigenvalue weighted by atomic mass is 32.1. The molecule has 0 radical (unpaired) electrons. The molecule has 242 valence electrons. The predicted molar refractivity (Wildman–Crippen MR) is 178 cm³/mol. The molecule has 1 aliphatic heterocycles. The van der Waals surface area contributed by atoms with Gasteiger partial charge in [0.25, 0.3) is 5.91 Å². The van der Waals surface area contributed by atoms with E-state index in [4.69, 9.17) is 12.2 Å². The molecule has 0 unspecified atom stereocenters. The van der Waals surface area contributed by atoms with E-state index in [0.29, 0.717) is 38.4 Å². The van der Waals surface area contributed by atoms with Crippen molar-refractivity contribution < 1.29 is 14.4 Å². The Hall–Kier alpha value is -3.80. The molecule has 2 aromatic rings. The number of nitrogens with one attached hydrogen (secondary N) is 5. The fourth-order valence-corrected chi connectivity index (χ4v) is 6.76. The van der Waals surface area contributed by atoms with Crippen molar-refractivity contribution in [1.29, 1.82) is 0 Å². The second-order valence-electron chi connectivity index (χ2n) is 12.4. The molecule has 1 saturated heterocycles. The Morgan fingerprint density at radius 2 is 1.49 bits per heavy atom. The number of amides is 4. The third kappa shape index (κ3) is 9.84. The van der Waals surface area contributed by atoms with Gasteiger partial charge in [0.05, 0.1) is 0 Å². The molecule has 12 heteroatoms. The minimum Gasteiger partial charge on any atom is -0.363 e. The SMILES string of the molecule is O=C(CCCCCNC(=S)NC1CCCCC1)NC1CCN(C(=O)Nc2nccnc2C(=O)NC2Cc3ccccc3C2)CC1. The van der Waals surface area contributed by atoms with Crippen LogP contribution in [0.5, 0.6) is 0 Å². The fourth-order valence-electron chi connectivity index (χ4n) is 6.49. The minimum atomic E-state index is -0.357. The summed E-state index contributed by atoms with van der Waals surface area (Å²) in [5, 5.41) is 16.4. The lowest BCUT2D eigenvalue weighted by atomic mass is 9.96. The average Bonchev–Trinajstić information content (AvgIpc) is 3.46. The van der Waals surface area contributed by atoms with Gasteiger partial charge in [0, 0.05) is 56.6 Å². The van der Waals surface area contributed by atoms with Crippen molar-refractivity contribution in [1.82, 2.24) is 36.1 Å². The van der Waals surface area contributed by atoms with E-state index in [-0.39, 0.29) is 41.4 Å². The number of anilines is 1. The van der Waals surface area contributed by atoms with Gasteiger partial charge >= 0.3 is 6.03 Å². The number of fused-ring (bicyclic) bond motifs is 1. The summed E-state index contributed by atoms with van der Waals surface area (Å²) in [4.78, 5) is 48.8. The maximum Gasteiger partial charge on any atom is 0.323 e. The second-order valence-corrected chi connectivity index (χ2v) is 12.8. The van der Waals surface area contributed by atoms with Crippen molar-refractivity contribution in [3.05, 3.63) is 53.5 Å². The number of aromatic nitrogens is 2. The van der Waals surface area contributed by atoms with Gasteiger partial charge in [-0.1, -0.05) is 49.9 Å². The van der Waals surface area contributed by atoms with E-state index >= 15 is 0 Å². The van der Waals surface area contributed by atoms with Crippen LogP contribution in [0.4, 0.5) is 10.6 Å². The Labute approximate surface area is 271 Å². The highest BCUT2D eigenvalue weighted by Gasteiger charge is 2.27. The molecule has 0 spiro atoms. The molecule has 11 nitrogen and oxygen atoms in total. The van der Waals surface area contributed by atoms with Crippen molar-refractivity contribution in [2.75, 3.05) is 25.0 Å². The van der Waals surface area contributed by atoms with Gasteiger partial charge in [0.1, 0.15) is 0 Å². The number of thiocarbonyl (C=S) groups is 1. The zero-order chi connectivity index (χ0) is 31.4. The van der Waals surface area contributed by atoms with Gasteiger partial charge in [0.15, 0.2) is 16.6 Å². The summed E-state index contributed by atoms with van der Waals surface area (Å²) < 4.78 is 0. The second kappa shape index (κ2) is 16.5. The molecule has 45 heavy (non-hydrogen) atoms. The van der Waals surface area contributed by atoms with Gasteiger partial charge in [-0.2, -0.15) is 0 Å². The van der Waals surface area contributed by atoms with Gasteiger partial charge in [-0.3, -0.25) is 14.9 Å². The highest BCUT2D eigenvalue weighted by molar-refractivity contribution is 7.80. The predicted octanol–water partition coefficient (Wildman–Crippen LogP) is 3.84. The number of carbonyl (C=O) groups excluding carboxylic acids is 3. The maximum absolute atomic E-state index is 13.1. The molecule has 1 saturated carbocycles. The first kappa shape index (κ1) is 32.6. The number of likely N-dealkylation sites (tertiary alicyclic amines) is 1. The molecule has 0 atom stereocenters. The van der Waals surface area contributed by atoms with E-state index in [9.17, 15) is 14.4 Å². The molecule has 3 aliphatic rings. The van der Waals surface area contributed by atoms with Gasteiger partial charge in [-0.25, -0.2) is 14.8 Å². The molecule has 2 aliphatic carbocycles. The average molecular weight is 635 g/mol. The fraction of sp³-hybridized carbons (Fsp3) is 0.576. The molecular formula is C33H46N8O3S. The molecule has 1 aromatic carbocycles. The third-order valence-electron chi connectivity index (χ3n) is 8.98. The molecule has 5 N–H and O–H groups in total. The highest BCUT2D eigenvalue weighted by Crippen LogP contribution is 2.22. The lowest BCUT2D eigenvalue weighted by Gasteiger charge is -2.32. The number of hydrogen-bond donors (Lipinski definition) is 5. The van der Waals surface area contributed by atoms with Gasteiger partial charge in [0.2, 0.25) is 5.91 Å². The van der Waals surface area contributed by atoms with E-state index in [1.165, 1.54) is 55.6 Å². The molecule has 0 bridgehead atoms. The minimum absolute atomic E-state index is 0.0243. The van der Waals surface area contributed by atoms with Gasteiger partial charge < -0.3 is 26.2 Å². The smallest absolute Gasteiger partial charge is 0.323 e. The first-order valence-corrected chi connectivity index (χ1v) is 16.9. The molecule has 1 aromatic heterocycles. The number of benzene rings is 1. The lowest BCUT2D eigenvalue weighted by Crippen LogP contribution is -2.48. The number of urea groups is 1. The number of hydrogen-bond acceptors (Lipinski definition) is 6. The van der Waals surface area contributed by atoms with Crippen molar-refractivity contribution >= 4 is 41.0 Å². The van der Waals surface area contributed by atoms with Crippen LogP contribution in [0.2, 0.25) is 0 Å². The van der Waals surface area contributed by atoms with Crippen molar-refractivity contribution in [3.8, 4) is 0 Å². The summed E-state index contributed by atoms with van der Waals surface area (Å²) in [6.07, 6.45) is 15.3. The number of nitrogens with zero attached hydrogens (tertiary/aromatic N) is 3. The summed E-state index contributed by atoms with van der Waals surface area (Å²) in [6.45, 7) is 1.81. The number of unbranched alkanes of at least 4 members (excludes halogenated alkanes) is 2. The van der Waals surface area contributed by atoms with Crippen LogP contribution in [0.1, 0.15) is 92.2 Å². The Kier molecular flexibility index (Phi) is 11.9. The van der Waals surface area contributed by atoms with Crippen molar-refractivity contribution in [3.63, 3.8) is 0 Å². The molecule has 2 fully saturated rings. The van der Waals surface area contributed by atoms with Gasteiger partial charge in [-0.15, -0.1) is 0 Å². The standard InChI is InChI=1S/C33H46N8O3S/c42-28(13-5-2-8-16-36-32(45)39-25-11-3-1-4-12-25)37-26-14-19-41(20-15-26)33(44)40-30-29(34-17-18-35-30)31(43)38-27-21-23-9-6-7-10-24(23)22-27/h6-7,9-10,17-18,25-27H,1-5,8,11-16,19-22H2,(H,37,42)(H,38,43)(H,35,40,44)(H2,36,39,45). The quantitative estimate of drug-likeness (QED) is 0.186. The van der Waals surface area contributed by atoms with E-state index in [2.05, 4.69) is 48.7 Å². The zero-order valence-electron chi connectivity index (χ0n) is 26.0. The zero-order valence-corrected chi connectivity index (χ0v) is 26.8. The Morgan fingerprint density at radius 3 is 2.22 bits per heavy atom. The first-order valence-electron chi connectivity index (χ1n) is 16.5. The number of rotatable bonds is 11. The summed E-state index contributed by atoms with van der Waals surface area (Å²) in [5.41, 5.74) is 2.57. The number of carbonyl (C=O) groups is 3. The van der Waals surface area contributed by atoms with Crippen LogP contribution in [0.3, 0.4) is 0 Å². The molecule has 2 heterocycles. The van der Waals surface area contributed by atoms with Crippen molar-refractivity contribution in [2.24, 2.45) is 0 Å². The molecular weight excluding hydrogens is 588 g/mol. The van der Waals surface area contributed by atoms with Crippen LogP contribution >= 0.6 is 12.2 Å². The maximum atomic E-state index is 13.1. The summed E-state index contributed by atoms with van der Waals surface area (Å²) >= 11 is 5.42. The summed E-state index contributed by atoms with van der Waals surface area (Å²) in [6, 6.07) is 8.37. The van der Waals surface area contributed by atoms with E-state index < -0.39 is 0 Å². The lowest BCUT2D eigenvalue weighted by molar-refractivity contribution is -0.122. The number of piperidine rings is 1. The Morgan fingerprint density at radius 1 is 0.800 bits per heavy atom. The Balaban J connectivity index is 0.956. The van der Waals surface area contributed by atoms with Crippen LogP contribution < -0.4 is 26.6 Å². The van der Waals surface area contributed by atoms with Crippen LogP contribution in [-0.4, -0.2) is 75.6 Å². The summed E-state index contributed by atoms with van der Waals surface area (Å²) in [5.74, 6) is -0.159. The van der Waals surface area contributed by atoms with Crippen LogP contribution in [0.15, 0.2) is 36.7 Å². The first-order chi connectivity index (χ1) is 21.9. The molecule has 4 amide bonds. The molecule has 5 rings (SSSR count). The van der Waals surface area contributed by atoms with Crippen molar-refractivity contribution in [2.45, 2.75) is 102 Å². The Bertz CT molecular complexity index is 1300. The third-order valence-corrected chi connectivity index (χ3v) is 9.24.